The van der Waals surface area contributed by atoms with Gasteiger partial charge in [-0.25, -0.2) is 4.68 Å². The van der Waals surface area contributed by atoms with E-state index in [2.05, 4.69) is 45.7 Å². The minimum atomic E-state index is -0.0720. The molecule has 3 rings (SSSR count). The maximum absolute atomic E-state index is 12.6. The van der Waals surface area contributed by atoms with Gasteiger partial charge in [-0.1, -0.05) is 17.7 Å². The molecule has 1 fully saturated rings. The van der Waals surface area contributed by atoms with E-state index in [0.717, 1.165) is 37.3 Å². The van der Waals surface area contributed by atoms with Gasteiger partial charge in [-0.05, 0) is 61.9 Å². The lowest BCUT2D eigenvalue weighted by molar-refractivity contribution is -0.120. The minimum absolute atomic E-state index is 0.0449. The van der Waals surface area contributed by atoms with Gasteiger partial charge in [0.1, 0.15) is 6.33 Å². The summed E-state index contributed by atoms with van der Waals surface area (Å²) in [5.41, 5.74) is 2.84. The molecule has 1 aliphatic heterocycles. The molecule has 0 saturated carbocycles. The molecule has 126 valence electrons. The Morgan fingerprint density at radius 1 is 1.42 bits per heavy atom. The van der Waals surface area contributed by atoms with Gasteiger partial charge in [-0.3, -0.25) is 9.69 Å². The highest BCUT2D eigenvalue weighted by Crippen LogP contribution is 2.20. The van der Waals surface area contributed by atoms with Crippen LogP contribution < -0.4 is 5.32 Å². The second kappa shape index (κ2) is 7.35. The quantitative estimate of drug-likeness (QED) is 0.851. The second-order valence-corrected chi connectivity index (χ2v) is 6.23. The van der Waals surface area contributed by atoms with Crippen molar-refractivity contribution in [3.8, 4) is 5.69 Å². The summed E-state index contributed by atoms with van der Waals surface area (Å²) in [5.74, 6) is 0.0449. The third-order valence-electron chi connectivity index (χ3n) is 4.13. The summed E-state index contributed by atoms with van der Waals surface area (Å²) in [6.07, 6.45) is 5.65. The van der Waals surface area contributed by atoms with Crippen molar-refractivity contribution in [2.45, 2.75) is 32.7 Å². The average Bonchev–Trinajstić information content (AvgIpc) is 3.24. The van der Waals surface area contributed by atoms with Crippen LogP contribution in [0.5, 0.6) is 0 Å². The lowest BCUT2D eigenvalue weighted by Gasteiger charge is -2.22. The molecule has 1 saturated heterocycles. The molecule has 7 heteroatoms. The zero-order chi connectivity index (χ0) is 16.9. The van der Waals surface area contributed by atoms with E-state index in [1.54, 1.807) is 4.68 Å². The first-order chi connectivity index (χ1) is 11.6. The highest BCUT2D eigenvalue weighted by Gasteiger charge is 2.29. The standard InChI is InChI=1S/C17H22N6O/c1-13(2)8-10-22-9-4-7-16(22)17(24)19-14-5-3-6-15(11-14)23-12-18-20-21-23/h3,5-6,8,11-12,16H,4,7,9-10H2,1-2H3,(H,19,24). The smallest absolute Gasteiger partial charge is 0.241 e. The lowest BCUT2D eigenvalue weighted by Crippen LogP contribution is -2.39. The second-order valence-electron chi connectivity index (χ2n) is 6.23. The molecule has 0 bridgehead atoms. The first-order valence-corrected chi connectivity index (χ1v) is 8.15. The van der Waals surface area contributed by atoms with Crippen molar-refractivity contribution >= 4 is 11.6 Å². The fourth-order valence-corrected chi connectivity index (χ4v) is 2.87. The van der Waals surface area contributed by atoms with Gasteiger partial charge in [-0.15, -0.1) is 5.10 Å². The average molecular weight is 326 g/mol. The van der Waals surface area contributed by atoms with Crippen LogP contribution in [0.3, 0.4) is 0 Å². The summed E-state index contributed by atoms with van der Waals surface area (Å²) in [4.78, 5) is 14.9. The summed E-state index contributed by atoms with van der Waals surface area (Å²) in [7, 11) is 0. The number of anilines is 1. The highest BCUT2D eigenvalue weighted by molar-refractivity contribution is 5.95. The summed E-state index contributed by atoms with van der Waals surface area (Å²) >= 11 is 0. The molecule has 1 aliphatic rings. The van der Waals surface area contributed by atoms with Crippen molar-refractivity contribution in [1.82, 2.24) is 25.1 Å². The number of hydrogen-bond acceptors (Lipinski definition) is 5. The molecule has 2 aromatic rings. The number of benzene rings is 1. The molecule has 0 radical (unpaired) electrons. The largest absolute Gasteiger partial charge is 0.325 e. The summed E-state index contributed by atoms with van der Waals surface area (Å²) in [5, 5.41) is 14.1. The molecule has 1 amide bonds. The molecule has 1 unspecified atom stereocenters. The number of hydrogen-bond donors (Lipinski definition) is 1. The molecular formula is C17H22N6O. The van der Waals surface area contributed by atoms with Crippen LogP contribution in [0.4, 0.5) is 5.69 Å². The Morgan fingerprint density at radius 2 is 2.29 bits per heavy atom. The van der Waals surface area contributed by atoms with Gasteiger partial charge in [0.2, 0.25) is 5.91 Å². The van der Waals surface area contributed by atoms with Crippen LogP contribution in [0.1, 0.15) is 26.7 Å². The Labute approximate surface area is 141 Å². The summed E-state index contributed by atoms with van der Waals surface area (Å²) < 4.78 is 1.56. The Hall–Kier alpha value is -2.54. The first-order valence-electron chi connectivity index (χ1n) is 8.15. The molecule has 1 aromatic carbocycles. The monoisotopic (exact) mass is 326 g/mol. The molecule has 0 aliphatic carbocycles. The van der Waals surface area contributed by atoms with E-state index in [4.69, 9.17) is 0 Å². The predicted molar refractivity (Wildman–Crippen MR) is 91.8 cm³/mol. The number of aromatic nitrogens is 4. The molecule has 24 heavy (non-hydrogen) atoms. The van der Waals surface area contributed by atoms with Gasteiger partial charge in [0.25, 0.3) is 0 Å². The van der Waals surface area contributed by atoms with Crippen LogP contribution in [0.2, 0.25) is 0 Å². The topological polar surface area (TPSA) is 75.9 Å². The highest BCUT2D eigenvalue weighted by atomic mass is 16.2. The number of rotatable bonds is 5. The molecule has 7 nitrogen and oxygen atoms in total. The van der Waals surface area contributed by atoms with Crippen molar-refractivity contribution < 1.29 is 4.79 Å². The Balaban J connectivity index is 1.68. The molecule has 1 atom stereocenters. The maximum atomic E-state index is 12.6. The van der Waals surface area contributed by atoms with Crippen LogP contribution in [0, 0.1) is 0 Å². The fourth-order valence-electron chi connectivity index (χ4n) is 2.87. The molecular weight excluding hydrogens is 304 g/mol. The minimum Gasteiger partial charge on any atom is -0.325 e. The van der Waals surface area contributed by atoms with Crippen LogP contribution in [-0.4, -0.2) is 50.1 Å². The van der Waals surface area contributed by atoms with Crippen molar-refractivity contribution in [3.05, 3.63) is 42.2 Å². The Bertz CT molecular complexity index is 720. The first kappa shape index (κ1) is 16.3. The number of allylic oxidation sites excluding steroid dienone is 1. The van der Waals surface area contributed by atoms with Crippen LogP contribution >= 0.6 is 0 Å². The van der Waals surface area contributed by atoms with Gasteiger partial charge in [0.15, 0.2) is 0 Å². The van der Waals surface area contributed by atoms with Crippen molar-refractivity contribution in [3.63, 3.8) is 0 Å². The SMILES string of the molecule is CC(C)=CCN1CCCC1C(=O)Nc1cccc(-n2cnnn2)c1. The van der Waals surface area contributed by atoms with Crippen molar-refractivity contribution in [2.24, 2.45) is 0 Å². The molecule has 1 N–H and O–H groups in total. The number of likely N-dealkylation sites (tertiary alicyclic amines) is 1. The van der Waals surface area contributed by atoms with E-state index in [9.17, 15) is 4.79 Å². The van der Waals surface area contributed by atoms with Crippen molar-refractivity contribution in [1.29, 1.82) is 0 Å². The Morgan fingerprint density at radius 3 is 3.04 bits per heavy atom. The maximum Gasteiger partial charge on any atom is 0.241 e. The summed E-state index contributed by atoms with van der Waals surface area (Å²) in [6, 6.07) is 7.44. The third-order valence-corrected chi connectivity index (χ3v) is 4.13. The van der Waals surface area contributed by atoms with Gasteiger partial charge >= 0.3 is 0 Å². The van der Waals surface area contributed by atoms with Gasteiger partial charge in [0, 0.05) is 12.2 Å². The molecule has 2 heterocycles. The number of nitrogens with zero attached hydrogens (tertiary/aromatic N) is 5. The Kier molecular flexibility index (Phi) is 5.00. The number of tetrazole rings is 1. The third kappa shape index (κ3) is 3.86. The molecule has 1 aromatic heterocycles. The van der Waals surface area contributed by atoms with Crippen LogP contribution in [0.25, 0.3) is 5.69 Å². The zero-order valence-electron chi connectivity index (χ0n) is 14.0. The van der Waals surface area contributed by atoms with E-state index in [0.29, 0.717) is 0 Å². The molecule has 0 spiro atoms. The van der Waals surface area contributed by atoms with Gasteiger partial charge < -0.3 is 5.32 Å². The van der Waals surface area contributed by atoms with Gasteiger partial charge in [0.05, 0.1) is 11.7 Å². The van der Waals surface area contributed by atoms with E-state index < -0.39 is 0 Å². The zero-order valence-corrected chi connectivity index (χ0v) is 14.0. The number of nitrogens with one attached hydrogen (secondary N) is 1. The lowest BCUT2D eigenvalue weighted by atomic mass is 10.2. The number of carbonyl (C=O) groups is 1. The number of carbonyl (C=O) groups excluding carboxylic acids is 1. The summed E-state index contributed by atoms with van der Waals surface area (Å²) in [6.45, 7) is 5.95. The van der Waals surface area contributed by atoms with E-state index >= 15 is 0 Å². The van der Waals surface area contributed by atoms with Gasteiger partial charge in [-0.2, -0.15) is 0 Å². The fraction of sp³-hybridized carbons (Fsp3) is 0.412. The van der Waals surface area contributed by atoms with Crippen molar-refractivity contribution in [2.75, 3.05) is 18.4 Å². The predicted octanol–water partition coefficient (Wildman–Crippen LogP) is 2.03. The van der Waals surface area contributed by atoms with E-state index in [-0.39, 0.29) is 11.9 Å². The van der Waals surface area contributed by atoms with Crippen LogP contribution in [0.15, 0.2) is 42.2 Å². The normalized spacial score (nSPS) is 17.7. The van der Waals surface area contributed by atoms with E-state index in [1.165, 1.54) is 11.9 Å². The number of amides is 1. The van der Waals surface area contributed by atoms with Crippen LogP contribution in [-0.2, 0) is 4.79 Å². The van der Waals surface area contributed by atoms with E-state index in [1.807, 2.05) is 24.3 Å².